The Labute approximate surface area is 152 Å². The molecule has 0 saturated heterocycles. The van der Waals surface area contributed by atoms with Gasteiger partial charge in [0.05, 0.1) is 5.56 Å². The Balaban J connectivity index is 1.63. The second-order valence-corrected chi connectivity index (χ2v) is 6.84. The average molecular weight is 376 g/mol. The van der Waals surface area contributed by atoms with E-state index in [1.54, 1.807) is 26.1 Å². The van der Waals surface area contributed by atoms with E-state index < -0.39 is 5.91 Å². The van der Waals surface area contributed by atoms with Crippen LogP contribution >= 0.6 is 11.6 Å². The van der Waals surface area contributed by atoms with Crippen molar-refractivity contribution in [2.24, 2.45) is 7.05 Å². The van der Waals surface area contributed by atoms with Crippen LogP contribution in [0.2, 0.25) is 5.02 Å². The third-order valence-electron chi connectivity index (χ3n) is 4.65. The van der Waals surface area contributed by atoms with Gasteiger partial charge in [0.15, 0.2) is 0 Å². The van der Waals surface area contributed by atoms with Crippen LogP contribution in [-0.4, -0.2) is 21.5 Å². The van der Waals surface area contributed by atoms with E-state index >= 15 is 0 Å². The molecule has 1 saturated carbocycles. The molecule has 4 rings (SSSR count). The number of hydrogen-bond acceptors (Lipinski definition) is 4. The van der Waals surface area contributed by atoms with Crippen LogP contribution < -0.4 is 10.9 Å². The van der Waals surface area contributed by atoms with Gasteiger partial charge in [0.2, 0.25) is 5.71 Å². The Kier molecular flexibility index (Phi) is 3.84. The number of aryl methyl sites for hydroxylation is 2. The van der Waals surface area contributed by atoms with Crippen molar-refractivity contribution in [3.05, 3.63) is 62.6 Å². The second-order valence-electron chi connectivity index (χ2n) is 6.43. The summed E-state index contributed by atoms with van der Waals surface area (Å²) in [5, 5.41) is 3.33. The van der Waals surface area contributed by atoms with Gasteiger partial charge in [-0.1, -0.05) is 17.7 Å². The summed E-state index contributed by atoms with van der Waals surface area (Å²) in [6.07, 6.45) is 1.92. The lowest BCUT2D eigenvalue weighted by atomic mass is 10.1. The largest absolute Gasteiger partial charge is 0.442 e. The Morgan fingerprint density at radius 1 is 1.46 bits per heavy atom. The van der Waals surface area contributed by atoms with Gasteiger partial charge >= 0.3 is 0 Å². The zero-order valence-electron chi connectivity index (χ0n) is 14.0. The minimum Gasteiger partial charge on any atom is -0.442 e. The van der Waals surface area contributed by atoms with Crippen LogP contribution in [0.5, 0.6) is 0 Å². The Morgan fingerprint density at radius 2 is 2.23 bits per heavy atom. The summed E-state index contributed by atoms with van der Waals surface area (Å²) in [4.78, 5) is 29.1. The normalized spacial score (nSPS) is 18.9. The standard InChI is InChI=1S/C18H15ClFN3O3/c1-8-13(15-17(26-8)21-7-23(2)18(15)25)16(24)22-12-6-9(12)14-10(19)4-3-5-11(14)20/h3-5,7,9,12H,6H2,1-2H3,(H,22,24)/t9-,12-/m1/s1. The van der Waals surface area contributed by atoms with Crippen LogP contribution in [0.1, 0.15) is 34.0 Å². The predicted molar refractivity (Wildman–Crippen MR) is 94.0 cm³/mol. The molecule has 26 heavy (non-hydrogen) atoms. The molecule has 0 aliphatic heterocycles. The van der Waals surface area contributed by atoms with Gasteiger partial charge in [-0.15, -0.1) is 0 Å². The van der Waals surface area contributed by atoms with E-state index in [4.69, 9.17) is 16.0 Å². The Bertz CT molecular complexity index is 1080. The smallest absolute Gasteiger partial charge is 0.265 e. The molecule has 0 unspecified atom stereocenters. The topological polar surface area (TPSA) is 77.1 Å². The summed E-state index contributed by atoms with van der Waals surface area (Å²) in [7, 11) is 1.55. The van der Waals surface area contributed by atoms with Crippen molar-refractivity contribution in [1.82, 2.24) is 14.9 Å². The highest BCUT2D eigenvalue weighted by Gasteiger charge is 2.43. The molecule has 0 bridgehead atoms. The maximum Gasteiger partial charge on any atom is 0.265 e. The summed E-state index contributed by atoms with van der Waals surface area (Å²) in [6.45, 7) is 1.61. The number of fused-ring (bicyclic) bond motifs is 1. The highest BCUT2D eigenvalue weighted by atomic mass is 35.5. The molecule has 2 atom stereocenters. The van der Waals surface area contributed by atoms with Crippen molar-refractivity contribution in [1.29, 1.82) is 0 Å². The van der Waals surface area contributed by atoms with Crippen LogP contribution in [-0.2, 0) is 7.05 Å². The minimum atomic E-state index is -0.439. The molecule has 1 aliphatic rings. The summed E-state index contributed by atoms with van der Waals surface area (Å²) < 4.78 is 20.8. The molecule has 8 heteroatoms. The quantitative estimate of drug-likeness (QED) is 0.763. The van der Waals surface area contributed by atoms with Crippen molar-refractivity contribution >= 4 is 28.6 Å². The molecule has 0 radical (unpaired) electrons. The third kappa shape index (κ3) is 2.59. The lowest BCUT2D eigenvalue weighted by Gasteiger charge is -2.07. The SMILES string of the molecule is Cc1oc2ncn(C)c(=O)c2c1C(=O)N[C@@H]1C[C@H]1c1c(F)cccc1Cl. The number of furan rings is 1. The highest BCUT2D eigenvalue weighted by Crippen LogP contribution is 2.45. The van der Waals surface area contributed by atoms with Crippen LogP contribution in [0.25, 0.3) is 11.1 Å². The van der Waals surface area contributed by atoms with Gasteiger partial charge in [-0.25, -0.2) is 9.37 Å². The van der Waals surface area contributed by atoms with Gasteiger partial charge in [-0.3, -0.25) is 9.59 Å². The summed E-state index contributed by atoms with van der Waals surface area (Å²) in [5.74, 6) is -0.699. The first-order valence-electron chi connectivity index (χ1n) is 8.08. The number of nitrogens with one attached hydrogen (secondary N) is 1. The molecule has 1 fully saturated rings. The zero-order chi connectivity index (χ0) is 18.6. The fourth-order valence-corrected chi connectivity index (χ4v) is 3.54. The van der Waals surface area contributed by atoms with Gasteiger partial charge in [0.1, 0.15) is 23.3 Å². The van der Waals surface area contributed by atoms with Gasteiger partial charge in [0.25, 0.3) is 11.5 Å². The molecule has 6 nitrogen and oxygen atoms in total. The number of benzene rings is 1. The predicted octanol–water partition coefficient (Wildman–Crippen LogP) is 2.91. The maximum absolute atomic E-state index is 14.0. The number of carbonyl (C=O) groups excluding carboxylic acids is 1. The molecule has 1 aromatic carbocycles. The molecule has 1 N–H and O–H groups in total. The lowest BCUT2D eigenvalue weighted by Crippen LogP contribution is -2.28. The van der Waals surface area contributed by atoms with E-state index in [1.807, 2.05) is 0 Å². The number of rotatable bonds is 3. The summed E-state index contributed by atoms with van der Waals surface area (Å²) >= 11 is 6.09. The van der Waals surface area contributed by atoms with E-state index in [2.05, 4.69) is 10.3 Å². The molecular formula is C18H15ClFN3O3. The number of halogens is 2. The fraction of sp³-hybridized carbons (Fsp3) is 0.278. The first kappa shape index (κ1) is 16.8. The van der Waals surface area contributed by atoms with Crippen molar-refractivity contribution in [3.8, 4) is 0 Å². The first-order chi connectivity index (χ1) is 12.4. The maximum atomic E-state index is 14.0. The van der Waals surface area contributed by atoms with Gasteiger partial charge in [-0.2, -0.15) is 0 Å². The molecular weight excluding hydrogens is 361 g/mol. The van der Waals surface area contributed by atoms with Crippen LogP contribution in [0, 0.1) is 12.7 Å². The number of carbonyl (C=O) groups is 1. The number of hydrogen-bond donors (Lipinski definition) is 1. The van der Waals surface area contributed by atoms with Gasteiger partial charge in [0, 0.05) is 29.6 Å². The Hall–Kier alpha value is -2.67. The molecule has 2 heterocycles. The third-order valence-corrected chi connectivity index (χ3v) is 4.98. The van der Waals surface area contributed by atoms with Crippen LogP contribution in [0.4, 0.5) is 4.39 Å². The zero-order valence-corrected chi connectivity index (χ0v) is 14.8. The number of aromatic nitrogens is 2. The van der Waals surface area contributed by atoms with Crippen molar-refractivity contribution in [2.75, 3.05) is 0 Å². The first-order valence-corrected chi connectivity index (χ1v) is 8.45. The summed E-state index contributed by atoms with van der Waals surface area (Å²) in [6, 6.07) is 4.27. The van der Waals surface area contributed by atoms with Crippen LogP contribution in [0.3, 0.4) is 0 Å². The molecule has 2 aromatic heterocycles. The molecule has 3 aromatic rings. The van der Waals surface area contributed by atoms with E-state index in [0.29, 0.717) is 22.8 Å². The van der Waals surface area contributed by atoms with E-state index in [9.17, 15) is 14.0 Å². The highest BCUT2D eigenvalue weighted by molar-refractivity contribution is 6.31. The van der Waals surface area contributed by atoms with Crippen molar-refractivity contribution < 1.29 is 13.6 Å². The second kappa shape index (κ2) is 5.95. The number of amides is 1. The molecule has 0 spiro atoms. The molecule has 1 aliphatic carbocycles. The fourth-order valence-electron chi connectivity index (χ4n) is 3.24. The molecule has 1 amide bonds. The average Bonchev–Trinajstić information content (AvgIpc) is 3.22. The lowest BCUT2D eigenvalue weighted by molar-refractivity contribution is 0.0950. The molecule has 134 valence electrons. The monoisotopic (exact) mass is 375 g/mol. The van der Waals surface area contributed by atoms with Gasteiger partial charge < -0.3 is 14.3 Å². The van der Waals surface area contributed by atoms with Crippen molar-refractivity contribution in [2.45, 2.75) is 25.3 Å². The van der Waals surface area contributed by atoms with Crippen LogP contribution in [0.15, 0.2) is 33.7 Å². The summed E-state index contributed by atoms with van der Waals surface area (Å²) in [5.41, 5.74) is 0.339. The Morgan fingerprint density at radius 3 is 2.96 bits per heavy atom. The van der Waals surface area contributed by atoms with E-state index in [0.717, 1.165) is 0 Å². The van der Waals surface area contributed by atoms with E-state index in [-0.39, 0.29) is 40.0 Å². The van der Waals surface area contributed by atoms with E-state index in [1.165, 1.54) is 17.0 Å². The minimum absolute atomic E-state index is 0.125. The van der Waals surface area contributed by atoms with Crippen molar-refractivity contribution in [3.63, 3.8) is 0 Å². The number of nitrogens with zero attached hydrogens (tertiary/aromatic N) is 2. The van der Waals surface area contributed by atoms with Gasteiger partial charge in [-0.05, 0) is 25.5 Å².